The number of phenols is 1. The first-order valence-corrected chi connectivity index (χ1v) is 8.69. The van der Waals surface area contributed by atoms with Gasteiger partial charge in [-0.3, -0.25) is 4.79 Å². The van der Waals surface area contributed by atoms with Crippen LogP contribution in [0.4, 0.5) is 0 Å². The standard InChI is InChI=1S/C21H25NO4/c1-6-8-18(24)26-17-12-11-15-9-7-10-16(23)19(15)20(17)21(25)22(13(2)3)14(4)5/h6-14,23H,1-5H3/b8-6+. The van der Waals surface area contributed by atoms with Crippen LogP contribution in [0.5, 0.6) is 11.5 Å². The van der Waals surface area contributed by atoms with Crippen molar-refractivity contribution in [2.45, 2.75) is 46.7 Å². The van der Waals surface area contributed by atoms with Gasteiger partial charge in [-0.05, 0) is 52.1 Å². The minimum absolute atomic E-state index is 0.0257. The molecule has 0 aromatic heterocycles. The number of esters is 1. The van der Waals surface area contributed by atoms with E-state index in [0.717, 1.165) is 0 Å². The fraction of sp³-hybridized carbons (Fsp3) is 0.333. The number of allylic oxidation sites excluding steroid dienone is 1. The molecule has 0 atom stereocenters. The lowest BCUT2D eigenvalue weighted by Crippen LogP contribution is -2.42. The van der Waals surface area contributed by atoms with Gasteiger partial charge in [0.2, 0.25) is 0 Å². The summed E-state index contributed by atoms with van der Waals surface area (Å²) in [4.78, 5) is 27.0. The summed E-state index contributed by atoms with van der Waals surface area (Å²) in [6.45, 7) is 9.41. The molecule has 0 aliphatic carbocycles. The Morgan fingerprint density at radius 2 is 1.73 bits per heavy atom. The van der Waals surface area contributed by atoms with Gasteiger partial charge in [-0.25, -0.2) is 4.79 Å². The summed E-state index contributed by atoms with van der Waals surface area (Å²) in [7, 11) is 0. The number of amides is 1. The number of hydrogen-bond acceptors (Lipinski definition) is 4. The van der Waals surface area contributed by atoms with Crippen LogP contribution >= 0.6 is 0 Å². The molecule has 1 amide bonds. The van der Waals surface area contributed by atoms with Crippen molar-refractivity contribution in [1.82, 2.24) is 4.90 Å². The highest BCUT2D eigenvalue weighted by atomic mass is 16.5. The second kappa shape index (κ2) is 8.04. The zero-order chi connectivity index (χ0) is 19.4. The Labute approximate surface area is 153 Å². The summed E-state index contributed by atoms with van der Waals surface area (Å²) in [6, 6.07) is 8.24. The molecule has 0 saturated carbocycles. The van der Waals surface area contributed by atoms with Crippen molar-refractivity contribution in [1.29, 1.82) is 0 Å². The SMILES string of the molecule is C/C=C/C(=O)Oc1ccc2cccc(O)c2c1C(=O)N(C(C)C)C(C)C. The normalized spacial score (nSPS) is 11.5. The molecule has 0 radical (unpaired) electrons. The van der Waals surface area contributed by atoms with Crippen LogP contribution in [0, 0.1) is 0 Å². The molecule has 0 saturated heterocycles. The van der Waals surface area contributed by atoms with E-state index >= 15 is 0 Å². The third-order valence-electron chi connectivity index (χ3n) is 4.06. The van der Waals surface area contributed by atoms with Crippen LogP contribution in [-0.4, -0.2) is 34.0 Å². The second-order valence-electron chi connectivity index (χ2n) is 6.63. The van der Waals surface area contributed by atoms with Gasteiger partial charge in [0.25, 0.3) is 5.91 Å². The average Bonchev–Trinajstić information content (AvgIpc) is 2.54. The van der Waals surface area contributed by atoms with Crippen LogP contribution in [0.1, 0.15) is 45.0 Å². The lowest BCUT2D eigenvalue weighted by Gasteiger charge is -2.31. The summed E-state index contributed by atoms with van der Waals surface area (Å²) in [5.74, 6) is -0.747. The van der Waals surface area contributed by atoms with Gasteiger partial charge in [-0.2, -0.15) is 0 Å². The van der Waals surface area contributed by atoms with E-state index < -0.39 is 5.97 Å². The Morgan fingerprint density at radius 1 is 1.08 bits per heavy atom. The number of phenolic OH excluding ortho intramolecular Hbond substituents is 1. The maximum atomic E-state index is 13.4. The highest BCUT2D eigenvalue weighted by Gasteiger charge is 2.28. The first kappa shape index (κ1) is 19.5. The van der Waals surface area contributed by atoms with Gasteiger partial charge in [0.15, 0.2) is 0 Å². The van der Waals surface area contributed by atoms with Crippen molar-refractivity contribution in [2.24, 2.45) is 0 Å². The van der Waals surface area contributed by atoms with Crippen LogP contribution < -0.4 is 4.74 Å². The Hall–Kier alpha value is -2.82. The molecular weight excluding hydrogens is 330 g/mol. The summed E-state index contributed by atoms with van der Waals surface area (Å²) < 4.78 is 5.40. The fourth-order valence-corrected chi connectivity index (χ4v) is 3.11. The smallest absolute Gasteiger partial charge is 0.335 e. The van der Waals surface area contributed by atoms with E-state index in [1.165, 1.54) is 12.1 Å². The highest BCUT2D eigenvalue weighted by molar-refractivity contribution is 6.12. The summed E-state index contributed by atoms with van der Waals surface area (Å²) in [5.41, 5.74) is 0.195. The molecular formula is C21H25NO4. The predicted octanol–water partition coefficient (Wildman–Crippen LogP) is 4.29. The third kappa shape index (κ3) is 3.87. The third-order valence-corrected chi connectivity index (χ3v) is 4.06. The van der Waals surface area contributed by atoms with E-state index in [4.69, 9.17) is 4.74 Å². The molecule has 0 bridgehead atoms. The highest BCUT2D eigenvalue weighted by Crippen LogP contribution is 2.35. The van der Waals surface area contributed by atoms with Crippen molar-refractivity contribution >= 4 is 22.6 Å². The molecule has 2 rings (SSSR count). The van der Waals surface area contributed by atoms with Crippen molar-refractivity contribution in [3.05, 3.63) is 48.0 Å². The summed E-state index contributed by atoms with van der Waals surface area (Å²) >= 11 is 0. The largest absolute Gasteiger partial charge is 0.507 e. The topological polar surface area (TPSA) is 66.8 Å². The Bertz CT molecular complexity index is 844. The molecule has 0 fully saturated rings. The van der Waals surface area contributed by atoms with Crippen molar-refractivity contribution in [2.75, 3.05) is 0 Å². The van der Waals surface area contributed by atoms with E-state index in [1.54, 1.807) is 42.2 Å². The van der Waals surface area contributed by atoms with E-state index in [0.29, 0.717) is 10.8 Å². The zero-order valence-electron chi connectivity index (χ0n) is 15.8. The lowest BCUT2D eigenvalue weighted by atomic mass is 10.00. The number of ether oxygens (including phenoxy) is 1. The molecule has 0 spiro atoms. The summed E-state index contributed by atoms with van der Waals surface area (Å²) in [5, 5.41) is 11.5. The molecule has 5 nitrogen and oxygen atoms in total. The van der Waals surface area contributed by atoms with Gasteiger partial charge >= 0.3 is 5.97 Å². The monoisotopic (exact) mass is 355 g/mol. The molecule has 0 heterocycles. The maximum absolute atomic E-state index is 13.4. The molecule has 138 valence electrons. The van der Waals surface area contributed by atoms with Crippen molar-refractivity contribution < 1.29 is 19.4 Å². The van der Waals surface area contributed by atoms with Gasteiger partial charge in [0, 0.05) is 23.5 Å². The first-order valence-electron chi connectivity index (χ1n) is 8.69. The second-order valence-corrected chi connectivity index (χ2v) is 6.63. The van der Waals surface area contributed by atoms with Gasteiger partial charge in [-0.15, -0.1) is 0 Å². The lowest BCUT2D eigenvalue weighted by molar-refractivity contribution is -0.129. The number of nitrogens with zero attached hydrogens (tertiary/aromatic N) is 1. The minimum atomic E-state index is -0.572. The van der Waals surface area contributed by atoms with Gasteiger partial charge in [0.05, 0.1) is 5.56 Å². The average molecular weight is 355 g/mol. The molecule has 5 heteroatoms. The number of aromatic hydroxyl groups is 1. The van der Waals surface area contributed by atoms with Gasteiger partial charge < -0.3 is 14.7 Å². The number of carbonyl (C=O) groups excluding carboxylic acids is 2. The number of rotatable bonds is 5. The van der Waals surface area contributed by atoms with Gasteiger partial charge in [-0.1, -0.05) is 24.3 Å². The fourth-order valence-electron chi connectivity index (χ4n) is 3.11. The molecule has 1 N–H and O–H groups in total. The maximum Gasteiger partial charge on any atom is 0.335 e. The quantitative estimate of drug-likeness (QED) is 0.494. The molecule has 26 heavy (non-hydrogen) atoms. The number of carbonyl (C=O) groups is 2. The van der Waals surface area contributed by atoms with E-state index in [-0.39, 0.29) is 35.1 Å². The number of hydrogen-bond donors (Lipinski definition) is 1. The number of benzene rings is 2. The molecule has 0 unspecified atom stereocenters. The van der Waals surface area contributed by atoms with Crippen molar-refractivity contribution in [3.8, 4) is 11.5 Å². The van der Waals surface area contributed by atoms with E-state index in [2.05, 4.69) is 0 Å². The summed E-state index contributed by atoms with van der Waals surface area (Å²) in [6.07, 6.45) is 2.85. The van der Waals surface area contributed by atoms with Crippen LogP contribution in [0.15, 0.2) is 42.5 Å². The Morgan fingerprint density at radius 3 is 2.31 bits per heavy atom. The van der Waals surface area contributed by atoms with E-state index in [9.17, 15) is 14.7 Å². The molecule has 0 aliphatic heterocycles. The Kier molecular flexibility index (Phi) is 6.03. The molecule has 2 aromatic carbocycles. The van der Waals surface area contributed by atoms with Gasteiger partial charge in [0.1, 0.15) is 11.5 Å². The first-order chi connectivity index (χ1) is 12.3. The van der Waals surface area contributed by atoms with Crippen LogP contribution in [-0.2, 0) is 4.79 Å². The van der Waals surface area contributed by atoms with Crippen LogP contribution in [0.3, 0.4) is 0 Å². The number of fused-ring (bicyclic) bond motifs is 1. The predicted molar refractivity (Wildman–Crippen MR) is 103 cm³/mol. The minimum Gasteiger partial charge on any atom is -0.507 e. The zero-order valence-corrected chi connectivity index (χ0v) is 15.8. The Balaban J connectivity index is 2.73. The van der Waals surface area contributed by atoms with Crippen LogP contribution in [0.2, 0.25) is 0 Å². The van der Waals surface area contributed by atoms with Crippen molar-refractivity contribution in [3.63, 3.8) is 0 Å². The van der Waals surface area contributed by atoms with E-state index in [1.807, 2.05) is 27.7 Å². The van der Waals surface area contributed by atoms with Crippen LogP contribution in [0.25, 0.3) is 10.8 Å². The molecule has 2 aromatic rings. The molecule has 0 aliphatic rings.